The standard InChI is InChI=1S/C23H20N4O3S/c1-14-24-20(13-31-14)16-5-7-17(8-6-16)25-23(29)19-12-22(28)27-21(26-19)11-15-3-9-18(30-2)10-4-15/h3-10,12-13H,11H2,1-2H3,(H,25,29)(H,26,27,28). The van der Waals surface area contributed by atoms with Crippen LogP contribution in [0.2, 0.25) is 0 Å². The summed E-state index contributed by atoms with van der Waals surface area (Å²) in [5.74, 6) is 0.714. The van der Waals surface area contributed by atoms with Crippen molar-refractivity contribution in [2.75, 3.05) is 12.4 Å². The second kappa shape index (κ2) is 8.93. The lowest BCUT2D eigenvalue weighted by atomic mass is 10.1. The Morgan fingerprint density at radius 1 is 1.10 bits per heavy atom. The highest BCUT2D eigenvalue weighted by Gasteiger charge is 2.12. The van der Waals surface area contributed by atoms with Crippen LogP contribution in [-0.2, 0) is 6.42 Å². The lowest BCUT2D eigenvalue weighted by molar-refractivity contribution is 0.102. The van der Waals surface area contributed by atoms with E-state index >= 15 is 0 Å². The van der Waals surface area contributed by atoms with Gasteiger partial charge in [-0.3, -0.25) is 9.59 Å². The predicted octanol–water partition coefficient (Wildman–Crippen LogP) is 4.05. The molecule has 8 heteroatoms. The number of H-pyrrole nitrogens is 1. The predicted molar refractivity (Wildman–Crippen MR) is 121 cm³/mol. The molecule has 4 rings (SSSR count). The number of nitrogens with zero attached hydrogens (tertiary/aromatic N) is 2. The summed E-state index contributed by atoms with van der Waals surface area (Å²) >= 11 is 1.59. The van der Waals surface area contributed by atoms with Crippen LogP contribution in [0, 0.1) is 6.92 Å². The van der Waals surface area contributed by atoms with E-state index in [1.807, 2.05) is 48.7 Å². The second-order valence-corrected chi connectivity index (χ2v) is 7.95. The molecule has 2 aromatic heterocycles. The maximum Gasteiger partial charge on any atom is 0.274 e. The lowest BCUT2D eigenvalue weighted by Gasteiger charge is -2.07. The molecule has 0 unspecified atom stereocenters. The largest absolute Gasteiger partial charge is 0.497 e. The summed E-state index contributed by atoms with van der Waals surface area (Å²) < 4.78 is 5.15. The maximum atomic E-state index is 12.7. The van der Waals surface area contributed by atoms with Crippen LogP contribution in [0.25, 0.3) is 11.3 Å². The van der Waals surface area contributed by atoms with Gasteiger partial charge < -0.3 is 15.0 Å². The van der Waals surface area contributed by atoms with E-state index in [9.17, 15) is 9.59 Å². The van der Waals surface area contributed by atoms with Gasteiger partial charge in [0.05, 0.1) is 17.8 Å². The van der Waals surface area contributed by atoms with Crippen LogP contribution in [0.4, 0.5) is 5.69 Å². The molecule has 0 atom stereocenters. The molecule has 156 valence electrons. The molecule has 0 aliphatic carbocycles. The molecule has 0 fully saturated rings. The van der Waals surface area contributed by atoms with E-state index in [-0.39, 0.29) is 11.3 Å². The molecule has 0 bridgehead atoms. The Hall–Kier alpha value is -3.78. The molecule has 0 saturated heterocycles. The number of hydrogen-bond acceptors (Lipinski definition) is 6. The quantitative estimate of drug-likeness (QED) is 0.479. The number of methoxy groups -OCH3 is 1. The molecule has 0 saturated carbocycles. The van der Waals surface area contributed by atoms with Gasteiger partial charge in [0.25, 0.3) is 11.5 Å². The molecular formula is C23H20N4O3S. The first-order valence-electron chi connectivity index (χ1n) is 9.57. The molecule has 2 aromatic carbocycles. The fourth-order valence-corrected chi connectivity index (χ4v) is 3.68. The van der Waals surface area contributed by atoms with Crippen LogP contribution < -0.4 is 15.6 Å². The van der Waals surface area contributed by atoms with Crippen LogP contribution in [0.1, 0.15) is 26.9 Å². The highest BCUT2D eigenvalue weighted by Crippen LogP contribution is 2.23. The van der Waals surface area contributed by atoms with Crippen LogP contribution in [0.15, 0.2) is 64.8 Å². The van der Waals surface area contributed by atoms with Gasteiger partial charge in [-0.15, -0.1) is 11.3 Å². The number of thiazole rings is 1. The summed E-state index contributed by atoms with van der Waals surface area (Å²) in [6.45, 7) is 1.96. The summed E-state index contributed by atoms with van der Waals surface area (Å²) in [6, 6.07) is 16.0. The van der Waals surface area contributed by atoms with E-state index < -0.39 is 5.91 Å². The smallest absolute Gasteiger partial charge is 0.274 e. The molecule has 0 aliphatic rings. The zero-order valence-corrected chi connectivity index (χ0v) is 17.8. The summed E-state index contributed by atoms with van der Waals surface area (Å²) in [6.07, 6.45) is 0.391. The number of aromatic amines is 1. The number of aromatic nitrogens is 3. The number of carbonyl (C=O) groups is 1. The molecule has 4 aromatic rings. The summed E-state index contributed by atoms with van der Waals surface area (Å²) in [7, 11) is 1.60. The number of amides is 1. The Bertz CT molecular complexity index is 1260. The Kier molecular flexibility index (Phi) is 5.90. The third-order valence-corrected chi connectivity index (χ3v) is 5.39. The fourth-order valence-electron chi connectivity index (χ4n) is 3.06. The number of benzene rings is 2. The minimum absolute atomic E-state index is 0.0615. The van der Waals surface area contributed by atoms with Crippen molar-refractivity contribution in [1.82, 2.24) is 15.0 Å². The minimum atomic E-state index is -0.445. The molecule has 31 heavy (non-hydrogen) atoms. The Morgan fingerprint density at radius 3 is 2.48 bits per heavy atom. The number of anilines is 1. The monoisotopic (exact) mass is 432 g/mol. The van der Waals surface area contributed by atoms with E-state index in [0.717, 1.165) is 27.6 Å². The van der Waals surface area contributed by atoms with E-state index in [2.05, 4.69) is 20.3 Å². The number of aryl methyl sites for hydroxylation is 1. The Morgan fingerprint density at radius 2 is 1.84 bits per heavy atom. The first kappa shape index (κ1) is 20.5. The lowest BCUT2D eigenvalue weighted by Crippen LogP contribution is -2.20. The normalized spacial score (nSPS) is 10.6. The number of nitrogens with one attached hydrogen (secondary N) is 2. The first-order chi connectivity index (χ1) is 15.0. The number of hydrogen-bond donors (Lipinski definition) is 2. The van der Waals surface area contributed by atoms with Gasteiger partial charge in [-0.25, -0.2) is 9.97 Å². The van der Waals surface area contributed by atoms with Crippen LogP contribution >= 0.6 is 11.3 Å². The molecule has 0 aliphatic heterocycles. The average Bonchev–Trinajstić information content (AvgIpc) is 3.20. The van der Waals surface area contributed by atoms with Crippen molar-refractivity contribution in [3.05, 3.63) is 92.4 Å². The molecular weight excluding hydrogens is 412 g/mol. The van der Waals surface area contributed by atoms with Crippen molar-refractivity contribution >= 4 is 22.9 Å². The highest BCUT2D eigenvalue weighted by molar-refractivity contribution is 7.09. The summed E-state index contributed by atoms with van der Waals surface area (Å²) in [4.78, 5) is 36.2. The Balaban J connectivity index is 1.48. The molecule has 0 radical (unpaired) electrons. The van der Waals surface area contributed by atoms with Gasteiger partial charge >= 0.3 is 0 Å². The van der Waals surface area contributed by atoms with E-state index in [4.69, 9.17) is 4.74 Å². The third-order valence-electron chi connectivity index (χ3n) is 4.61. The van der Waals surface area contributed by atoms with E-state index in [1.54, 1.807) is 30.6 Å². The third kappa shape index (κ3) is 5.04. The molecule has 7 nitrogen and oxygen atoms in total. The van der Waals surface area contributed by atoms with Crippen molar-refractivity contribution in [1.29, 1.82) is 0 Å². The minimum Gasteiger partial charge on any atom is -0.497 e. The van der Waals surface area contributed by atoms with Gasteiger partial charge in [0.2, 0.25) is 0 Å². The fraction of sp³-hybridized carbons (Fsp3) is 0.130. The van der Waals surface area contributed by atoms with Gasteiger partial charge in [-0.2, -0.15) is 0 Å². The van der Waals surface area contributed by atoms with Crippen molar-refractivity contribution in [3.63, 3.8) is 0 Å². The molecule has 2 heterocycles. The zero-order chi connectivity index (χ0) is 21.8. The van der Waals surface area contributed by atoms with Crippen molar-refractivity contribution in [2.24, 2.45) is 0 Å². The second-order valence-electron chi connectivity index (χ2n) is 6.89. The Labute approximate surface area is 182 Å². The SMILES string of the molecule is COc1ccc(Cc2nc(C(=O)Nc3ccc(-c4csc(C)n4)cc3)cc(=O)[nH]2)cc1. The van der Waals surface area contributed by atoms with Crippen LogP contribution in [0.5, 0.6) is 5.75 Å². The average molecular weight is 433 g/mol. The summed E-state index contributed by atoms with van der Waals surface area (Å²) in [5.41, 5.74) is 3.11. The van der Waals surface area contributed by atoms with Gasteiger partial charge in [-0.05, 0) is 36.8 Å². The van der Waals surface area contributed by atoms with Crippen molar-refractivity contribution < 1.29 is 9.53 Å². The van der Waals surface area contributed by atoms with E-state index in [0.29, 0.717) is 17.9 Å². The maximum absolute atomic E-state index is 12.7. The van der Waals surface area contributed by atoms with Gasteiger partial charge in [0.1, 0.15) is 17.3 Å². The molecule has 0 spiro atoms. The number of carbonyl (C=O) groups excluding carboxylic acids is 1. The molecule has 2 N–H and O–H groups in total. The van der Waals surface area contributed by atoms with E-state index in [1.165, 1.54) is 6.07 Å². The van der Waals surface area contributed by atoms with Crippen LogP contribution in [0.3, 0.4) is 0 Å². The zero-order valence-electron chi connectivity index (χ0n) is 17.0. The van der Waals surface area contributed by atoms with Gasteiger partial charge in [-0.1, -0.05) is 24.3 Å². The molecule has 1 amide bonds. The topological polar surface area (TPSA) is 97.0 Å². The highest BCUT2D eigenvalue weighted by atomic mass is 32.1. The van der Waals surface area contributed by atoms with Crippen molar-refractivity contribution in [2.45, 2.75) is 13.3 Å². The van der Waals surface area contributed by atoms with Gasteiger partial charge in [0.15, 0.2) is 0 Å². The number of ether oxygens (including phenoxy) is 1. The van der Waals surface area contributed by atoms with Crippen LogP contribution in [-0.4, -0.2) is 28.0 Å². The summed E-state index contributed by atoms with van der Waals surface area (Å²) in [5, 5.41) is 5.78. The number of rotatable bonds is 6. The first-order valence-corrected chi connectivity index (χ1v) is 10.5. The van der Waals surface area contributed by atoms with Crippen molar-refractivity contribution in [3.8, 4) is 17.0 Å². The van der Waals surface area contributed by atoms with Gasteiger partial charge in [0, 0.05) is 29.1 Å².